The van der Waals surface area contributed by atoms with Crippen LogP contribution in [0.2, 0.25) is 0 Å². The number of aliphatic hydroxyl groups is 1. The number of benzene rings is 1. The van der Waals surface area contributed by atoms with Gasteiger partial charge in [-0.15, -0.1) is 0 Å². The summed E-state index contributed by atoms with van der Waals surface area (Å²) in [6.45, 7) is 0.781. The van der Waals surface area contributed by atoms with Gasteiger partial charge >= 0.3 is 0 Å². The molecule has 1 rings (SSSR count). The standard InChI is InChI=1S/C11H15F2NO/c1-14(6-2-3-7-15)11-5-4-9(12)8-10(11)13/h4-5,8,15H,2-3,6-7H2,1H3. The average molecular weight is 215 g/mol. The maximum Gasteiger partial charge on any atom is 0.149 e. The highest BCUT2D eigenvalue weighted by molar-refractivity contribution is 5.46. The van der Waals surface area contributed by atoms with E-state index >= 15 is 0 Å². The monoisotopic (exact) mass is 215 g/mol. The molecular formula is C11H15F2NO. The molecule has 0 spiro atoms. The highest BCUT2D eigenvalue weighted by Crippen LogP contribution is 2.18. The van der Waals surface area contributed by atoms with Crippen molar-refractivity contribution in [1.29, 1.82) is 0 Å². The summed E-state index contributed by atoms with van der Waals surface area (Å²) in [7, 11) is 1.74. The third-order valence-corrected chi connectivity index (χ3v) is 2.22. The molecule has 84 valence electrons. The van der Waals surface area contributed by atoms with E-state index in [9.17, 15) is 8.78 Å². The Hall–Kier alpha value is -1.16. The highest BCUT2D eigenvalue weighted by atomic mass is 19.1. The van der Waals surface area contributed by atoms with Gasteiger partial charge in [-0.05, 0) is 25.0 Å². The van der Waals surface area contributed by atoms with Crippen LogP contribution in [0.25, 0.3) is 0 Å². The van der Waals surface area contributed by atoms with Crippen LogP contribution in [-0.4, -0.2) is 25.3 Å². The minimum absolute atomic E-state index is 0.139. The van der Waals surface area contributed by atoms with Gasteiger partial charge in [-0.3, -0.25) is 0 Å². The quantitative estimate of drug-likeness (QED) is 0.761. The molecule has 1 N–H and O–H groups in total. The van der Waals surface area contributed by atoms with Crippen LogP contribution in [-0.2, 0) is 0 Å². The largest absolute Gasteiger partial charge is 0.396 e. The van der Waals surface area contributed by atoms with Gasteiger partial charge < -0.3 is 10.0 Å². The van der Waals surface area contributed by atoms with Gasteiger partial charge in [-0.1, -0.05) is 0 Å². The molecule has 0 aliphatic carbocycles. The van der Waals surface area contributed by atoms with Crippen molar-refractivity contribution in [3.63, 3.8) is 0 Å². The molecule has 4 heteroatoms. The van der Waals surface area contributed by atoms with Gasteiger partial charge in [0, 0.05) is 26.3 Å². The lowest BCUT2D eigenvalue weighted by Gasteiger charge is -2.19. The number of rotatable bonds is 5. The third-order valence-electron chi connectivity index (χ3n) is 2.22. The number of aliphatic hydroxyl groups excluding tert-OH is 1. The lowest BCUT2D eigenvalue weighted by molar-refractivity contribution is 0.285. The maximum absolute atomic E-state index is 13.3. The smallest absolute Gasteiger partial charge is 0.149 e. The number of unbranched alkanes of at least 4 members (excludes halogenated alkanes) is 1. The molecular weight excluding hydrogens is 200 g/mol. The van der Waals surface area contributed by atoms with Crippen molar-refractivity contribution in [1.82, 2.24) is 0 Å². The summed E-state index contributed by atoms with van der Waals surface area (Å²) in [5.74, 6) is -1.12. The zero-order valence-electron chi connectivity index (χ0n) is 8.71. The van der Waals surface area contributed by atoms with Crippen LogP contribution < -0.4 is 4.90 Å². The first kappa shape index (κ1) is 11.9. The van der Waals surface area contributed by atoms with Crippen molar-refractivity contribution in [3.05, 3.63) is 29.8 Å². The first-order chi connectivity index (χ1) is 7.15. The molecule has 1 aromatic rings. The molecule has 0 saturated heterocycles. The Kier molecular flexibility index (Phi) is 4.49. The number of halogens is 2. The zero-order valence-corrected chi connectivity index (χ0v) is 8.71. The molecule has 0 aliphatic heterocycles. The van der Waals surface area contributed by atoms with Crippen LogP contribution in [0, 0.1) is 11.6 Å². The highest BCUT2D eigenvalue weighted by Gasteiger charge is 2.07. The fourth-order valence-electron chi connectivity index (χ4n) is 1.37. The molecule has 0 unspecified atom stereocenters. The van der Waals surface area contributed by atoms with Gasteiger partial charge in [0.05, 0.1) is 5.69 Å². The predicted octanol–water partition coefficient (Wildman–Crippen LogP) is 2.17. The Labute approximate surface area is 88.1 Å². The number of nitrogens with zero attached hydrogens (tertiary/aromatic N) is 1. The molecule has 1 aromatic carbocycles. The molecule has 0 saturated carbocycles. The second kappa shape index (κ2) is 5.66. The van der Waals surface area contributed by atoms with Crippen molar-refractivity contribution in [2.45, 2.75) is 12.8 Å². The molecule has 0 aliphatic rings. The van der Waals surface area contributed by atoms with E-state index in [4.69, 9.17) is 5.11 Å². The number of anilines is 1. The maximum atomic E-state index is 13.3. The zero-order chi connectivity index (χ0) is 11.3. The molecule has 0 bridgehead atoms. The van der Waals surface area contributed by atoms with E-state index in [1.165, 1.54) is 12.1 Å². The van der Waals surface area contributed by atoms with E-state index in [1.807, 2.05) is 0 Å². The molecule has 0 aromatic heterocycles. The minimum Gasteiger partial charge on any atom is -0.396 e. The normalized spacial score (nSPS) is 10.4. The van der Waals surface area contributed by atoms with E-state index in [2.05, 4.69) is 0 Å². The second-order valence-electron chi connectivity index (χ2n) is 3.45. The van der Waals surface area contributed by atoms with Crippen LogP contribution in [0.1, 0.15) is 12.8 Å². The Morgan fingerprint density at radius 2 is 2.00 bits per heavy atom. The molecule has 0 radical (unpaired) electrons. The summed E-state index contributed by atoms with van der Waals surface area (Å²) in [4.78, 5) is 1.71. The summed E-state index contributed by atoms with van der Waals surface area (Å²) in [5, 5.41) is 8.60. The molecule has 0 heterocycles. The fraction of sp³-hybridized carbons (Fsp3) is 0.455. The van der Waals surface area contributed by atoms with Gasteiger partial charge in [0.1, 0.15) is 11.6 Å². The summed E-state index contributed by atoms with van der Waals surface area (Å²) >= 11 is 0. The van der Waals surface area contributed by atoms with Crippen LogP contribution in [0.3, 0.4) is 0 Å². The summed E-state index contributed by atoms with van der Waals surface area (Å²) in [6.07, 6.45) is 1.47. The first-order valence-electron chi connectivity index (χ1n) is 4.92. The van der Waals surface area contributed by atoms with Crippen molar-refractivity contribution in [2.75, 3.05) is 25.1 Å². The van der Waals surface area contributed by atoms with Crippen molar-refractivity contribution < 1.29 is 13.9 Å². The van der Waals surface area contributed by atoms with E-state index in [0.717, 1.165) is 12.5 Å². The lowest BCUT2D eigenvalue weighted by atomic mass is 10.2. The van der Waals surface area contributed by atoms with Gasteiger partial charge in [0.25, 0.3) is 0 Å². The number of hydrogen-bond acceptors (Lipinski definition) is 2. The van der Waals surface area contributed by atoms with Gasteiger partial charge in [0.15, 0.2) is 0 Å². The second-order valence-corrected chi connectivity index (χ2v) is 3.45. The van der Waals surface area contributed by atoms with E-state index in [0.29, 0.717) is 18.7 Å². The Bertz CT molecular complexity index is 317. The van der Waals surface area contributed by atoms with Gasteiger partial charge in [0.2, 0.25) is 0 Å². The summed E-state index contributed by atoms with van der Waals surface area (Å²) < 4.78 is 25.9. The average Bonchev–Trinajstić information content (AvgIpc) is 2.17. The molecule has 15 heavy (non-hydrogen) atoms. The van der Waals surface area contributed by atoms with Gasteiger partial charge in [-0.2, -0.15) is 0 Å². The van der Waals surface area contributed by atoms with Crippen LogP contribution in [0.5, 0.6) is 0 Å². The van der Waals surface area contributed by atoms with Crippen LogP contribution >= 0.6 is 0 Å². The predicted molar refractivity (Wildman–Crippen MR) is 55.9 cm³/mol. The van der Waals surface area contributed by atoms with Gasteiger partial charge in [-0.25, -0.2) is 8.78 Å². The Morgan fingerprint density at radius 3 is 2.60 bits per heavy atom. The Balaban J connectivity index is 2.61. The molecule has 0 fully saturated rings. The molecule has 0 atom stereocenters. The lowest BCUT2D eigenvalue weighted by Crippen LogP contribution is -2.20. The van der Waals surface area contributed by atoms with E-state index < -0.39 is 11.6 Å². The fourth-order valence-corrected chi connectivity index (χ4v) is 1.37. The van der Waals surface area contributed by atoms with Crippen molar-refractivity contribution >= 4 is 5.69 Å². The van der Waals surface area contributed by atoms with Crippen molar-refractivity contribution in [3.8, 4) is 0 Å². The number of hydrogen-bond donors (Lipinski definition) is 1. The topological polar surface area (TPSA) is 23.5 Å². The molecule has 2 nitrogen and oxygen atoms in total. The van der Waals surface area contributed by atoms with Crippen LogP contribution in [0.4, 0.5) is 14.5 Å². The summed E-state index contributed by atoms with van der Waals surface area (Å²) in [6, 6.07) is 3.53. The SMILES string of the molecule is CN(CCCCO)c1ccc(F)cc1F. The van der Waals surface area contributed by atoms with Crippen molar-refractivity contribution in [2.24, 2.45) is 0 Å². The van der Waals surface area contributed by atoms with E-state index in [-0.39, 0.29) is 6.61 Å². The Morgan fingerprint density at radius 1 is 1.27 bits per heavy atom. The third kappa shape index (κ3) is 3.47. The van der Waals surface area contributed by atoms with E-state index in [1.54, 1.807) is 11.9 Å². The first-order valence-corrected chi connectivity index (χ1v) is 4.92. The summed E-state index contributed by atoms with van der Waals surface area (Å²) in [5.41, 5.74) is 0.384. The molecule has 0 amide bonds. The minimum atomic E-state index is -0.569. The van der Waals surface area contributed by atoms with Crippen LogP contribution in [0.15, 0.2) is 18.2 Å².